The molecule has 0 aromatic rings. The summed E-state index contributed by atoms with van der Waals surface area (Å²) in [4.78, 5) is 21.7. The first-order chi connectivity index (χ1) is 7.76. The van der Waals surface area contributed by atoms with Crippen LogP contribution in [0, 0.1) is 12.3 Å². The van der Waals surface area contributed by atoms with Crippen LogP contribution in [0.1, 0.15) is 13.3 Å². The van der Waals surface area contributed by atoms with E-state index in [1.54, 1.807) is 0 Å². The normalized spacial score (nSPS) is 14.4. The van der Waals surface area contributed by atoms with E-state index < -0.39 is 33.3 Å². The Balaban J connectivity index is 4.91. The Morgan fingerprint density at radius 2 is 2.06 bits per heavy atom. The number of terminal acetylenes is 1. The Kier molecular flexibility index (Phi) is 5.64. The second-order valence-corrected chi connectivity index (χ2v) is 5.16. The molecular weight excluding hydrogens is 250 g/mol. The zero-order valence-electron chi connectivity index (χ0n) is 9.34. The molecule has 2 atom stereocenters. The molecule has 0 spiro atoms. The predicted molar refractivity (Wildman–Crippen MR) is 58.4 cm³/mol. The monoisotopic (exact) mass is 263 g/mol. The maximum Gasteiger partial charge on any atom is 0.325 e. The van der Waals surface area contributed by atoms with Crippen molar-refractivity contribution < 1.29 is 27.9 Å². The first-order valence-electron chi connectivity index (χ1n) is 4.51. The van der Waals surface area contributed by atoms with Crippen LogP contribution in [0.3, 0.4) is 0 Å². The number of esters is 1. The summed E-state index contributed by atoms with van der Waals surface area (Å²) in [5, 5.41) is 7.20. The number of methoxy groups -OCH3 is 1. The molecule has 0 aromatic carbocycles. The number of sulfonamides is 1. The van der Waals surface area contributed by atoms with Gasteiger partial charge >= 0.3 is 11.9 Å². The SMILES string of the molecule is C#CCC(NS(=O)(=O)C(C)C(=O)OC)C(=O)O. The summed E-state index contributed by atoms with van der Waals surface area (Å²) in [7, 11) is -3.11. The lowest BCUT2D eigenvalue weighted by molar-refractivity contribution is -0.140. The van der Waals surface area contributed by atoms with Gasteiger partial charge in [0, 0.05) is 6.42 Å². The second kappa shape index (κ2) is 6.22. The molecule has 0 heterocycles. The number of carboxylic acid groups (broad SMARTS) is 1. The Hall–Kier alpha value is -1.59. The van der Waals surface area contributed by atoms with Crippen molar-refractivity contribution in [3.8, 4) is 12.3 Å². The smallest absolute Gasteiger partial charge is 0.325 e. The lowest BCUT2D eigenvalue weighted by Gasteiger charge is -2.15. The van der Waals surface area contributed by atoms with Gasteiger partial charge in [0.2, 0.25) is 10.0 Å². The number of hydrogen-bond acceptors (Lipinski definition) is 5. The van der Waals surface area contributed by atoms with Crippen LogP contribution in [0.5, 0.6) is 0 Å². The largest absolute Gasteiger partial charge is 0.480 e. The van der Waals surface area contributed by atoms with Gasteiger partial charge in [0.25, 0.3) is 0 Å². The second-order valence-electron chi connectivity index (χ2n) is 3.13. The molecule has 0 amide bonds. The predicted octanol–water partition coefficient (Wildman–Crippen LogP) is -1.06. The Bertz CT molecular complexity index is 435. The minimum absolute atomic E-state index is 0.317. The van der Waals surface area contributed by atoms with Crippen LogP contribution in [0.4, 0.5) is 0 Å². The number of carbonyl (C=O) groups excluding carboxylic acids is 1. The van der Waals surface area contributed by atoms with Crippen molar-refractivity contribution in [2.24, 2.45) is 0 Å². The van der Waals surface area contributed by atoms with Crippen LogP contribution in [-0.2, 0) is 24.3 Å². The van der Waals surface area contributed by atoms with E-state index >= 15 is 0 Å². The lowest BCUT2D eigenvalue weighted by Crippen LogP contribution is -2.46. The molecule has 0 aliphatic rings. The third kappa shape index (κ3) is 4.42. The number of ether oxygens (including phenoxy) is 1. The van der Waals surface area contributed by atoms with E-state index in [1.165, 1.54) is 0 Å². The van der Waals surface area contributed by atoms with Gasteiger partial charge in [0.05, 0.1) is 7.11 Å². The summed E-state index contributed by atoms with van der Waals surface area (Å²) >= 11 is 0. The van der Waals surface area contributed by atoms with Gasteiger partial charge in [-0.15, -0.1) is 12.3 Å². The molecule has 0 aliphatic heterocycles. The third-order valence-corrected chi connectivity index (χ3v) is 3.66. The fraction of sp³-hybridized carbons (Fsp3) is 0.556. The highest BCUT2D eigenvalue weighted by Crippen LogP contribution is 2.04. The first-order valence-corrected chi connectivity index (χ1v) is 6.06. The third-order valence-electron chi connectivity index (χ3n) is 1.93. The highest BCUT2D eigenvalue weighted by molar-refractivity contribution is 7.90. The van der Waals surface area contributed by atoms with Gasteiger partial charge in [0.1, 0.15) is 6.04 Å². The lowest BCUT2D eigenvalue weighted by atomic mass is 10.2. The molecule has 7 nitrogen and oxygen atoms in total. The topological polar surface area (TPSA) is 110 Å². The van der Waals surface area contributed by atoms with Crippen LogP contribution < -0.4 is 4.72 Å². The van der Waals surface area contributed by atoms with Gasteiger partial charge in [0.15, 0.2) is 5.25 Å². The molecule has 0 rings (SSSR count). The highest BCUT2D eigenvalue weighted by atomic mass is 32.2. The Morgan fingerprint density at radius 3 is 2.41 bits per heavy atom. The molecule has 2 unspecified atom stereocenters. The van der Waals surface area contributed by atoms with Crippen molar-refractivity contribution in [3.05, 3.63) is 0 Å². The van der Waals surface area contributed by atoms with Gasteiger partial charge in [-0.2, -0.15) is 4.72 Å². The average Bonchev–Trinajstić information content (AvgIpc) is 2.26. The van der Waals surface area contributed by atoms with Crippen LogP contribution in [0.2, 0.25) is 0 Å². The number of carboxylic acids is 1. The van der Waals surface area contributed by atoms with Crippen LogP contribution in [0.15, 0.2) is 0 Å². The molecule has 17 heavy (non-hydrogen) atoms. The number of carbonyl (C=O) groups is 2. The number of nitrogens with one attached hydrogen (secondary N) is 1. The van der Waals surface area contributed by atoms with Gasteiger partial charge in [-0.25, -0.2) is 8.42 Å². The van der Waals surface area contributed by atoms with E-state index in [0.717, 1.165) is 14.0 Å². The van der Waals surface area contributed by atoms with E-state index in [-0.39, 0.29) is 6.42 Å². The quantitative estimate of drug-likeness (QED) is 0.467. The number of aliphatic carboxylic acids is 1. The summed E-state index contributed by atoms with van der Waals surface area (Å²) in [6.07, 6.45) is 4.59. The molecule has 0 saturated carbocycles. The van der Waals surface area contributed by atoms with Crippen molar-refractivity contribution in [1.82, 2.24) is 4.72 Å². The molecule has 0 saturated heterocycles. The van der Waals surface area contributed by atoms with Gasteiger partial charge < -0.3 is 9.84 Å². The standard InChI is InChI=1S/C9H13NO6S/c1-4-5-7(8(11)12)10-17(14,15)6(2)9(13)16-3/h1,6-7,10H,5H2,2-3H3,(H,11,12). The van der Waals surface area contributed by atoms with E-state index in [0.29, 0.717) is 0 Å². The van der Waals surface area contributed by atoms with Gasteiger partial charge in [-0.3, -0.25) is 9.59 Å². The maximum atomic E-state index is 11.6. The zero-order chi connectivity index (χ0) is 13.6. The first kappa shape index (κ1) is 15.4. The maximum absolute atomic E-state index is 11.6. The summed E-state index contributed by atoms with van der Waals surface area (Å²) in [5.74, 6) is -0.367. The van der Waals surface area contributed by atoms with Crippen LogP contribution in [-0.4, -0.2) is 43.9 Å². The molecule has 0 radical (unpaired) electrons. The van der Waals surface area contributed by atoms with E-state index in [4.69, 9.17) is 11.5 Å². The summed E-state index contributed by atoms with van der Waals surface area (Å²) < 4.78 is 29.2. The minimum atomic E-state index is -4.14. The fourth-order valence-electron chi connectivity index (χ4n) is 0.890. The van der Waals surface area contributed by atoms with Gasteiger partial charge in [-0.05, 0) is 6.92 Å². The molecule has 0 bridgehead atoms. The van der Waals surface area contributed by atoms with Crippen molar-refractivity contribution in [2.45, 2.75) is 24.6 Å². The Labute approximate surface area is 99.2 Å². The molecule has 8 heteroatoms. The number of hydrogen-bond donors (Lipinski definition) is 2. The van der Waals surface area contributed by atoms with E-state index in [9.17, 15) is 18.0 Å². The van der Waals surface area contributed by atoms with Gasteiger partial charge in [-0.1, -0.05) is 0 Å². The van der Waals surface area contributed by atoms with Crippen LogP contribution in [0.25, 0.3) is 0 Å². The highest BCUT2D eigenvalue weighted by Gasteiger charge is 2.32. The summed E-state index contributed by atoms with van der Waals surface area (Å²) in [6.45, 7) is 1.09. The molecule has 0 aliphatic carbocycles. The van der Waals surface area contributed by atoms with Crippen molar-refractivity contribution in [3.63, 3.8) is 0 Å². The number of rotatable bonds is 6. The fourth-order valence-corrected chi connectivity index (χ4v) is 2.02. The molecule has 96 valence electrons. The molecule has 0 aromatic heterocycles. The minimum Gasteiger partial charge on any atom is -0.480 e. The molecular formula is C9H13NO6S. The van der Waals surface area contributed by atoms with Crippen LogP contribution >= 0.6 is 0 Å². The van der Waals surface area contributed by atoms with E-state index in [2.05, 4.69) is 4.74 Å². The zero-order valence-corrected chi connectivity index (χ0v) is 10.2. The van der Waals surface area contributed by atoms with Crippen molar-refractivity contribution in [2.75, 3.05) is 7.11 Å². The average molecular weight is 263 g/mol. The summed E-state index contributed by atoms with van der Waals surface area (Å²) in [5.41, 5.74) is 0. The van der Waals surface area contributed by atoms with Crippen molar-refractivity contribution in [1.29, 1.82) is 0 Å². The van der Waals surface area contributed by atoms with Crippen molar-refractivity contribution >= 4 is 22.0 Å². The summed E-state index contributed by atoms with van der Waals surface area (Å²) in [6, 6.07) is -1.46. The van der Waals surface area contributed by atoms with E-state index in [1.807, 2.05) is 10.6 Å². The molecule has 0 fully saturated rings. The Morgan fingerprint density at radius 1 is 1.53 bits per heavy atom. The molecule has 2 N–H and O–H groups in total.